The van der Waals surface area contributed by atoms with Gasteiger partial charge in [0, 0.05) is 18.7 Å². The number of amides is 6. The number of rotatable bonds is 17. The molecular weight excluding hydrogens is 462 g/mol. The predicted molar refractivity (Wildman–Crippen MR) is 124 cm³/mol. The van der Waals surface area contributed by atoms with Crippen molar-refractivity contribution in [3.8, 4) is 0 Å². The van der Waals surface area contributed by atoms with Crippen LogP contribution in [0.25, 0.3) is 0 Å². The number of primary amides is 1. The van der Waals surface area contributed by atoms with Crippen molar-refractivity contribution in [3.05, 3.63) is 12.2 Å². The number of nitrogens with one attached hydrogen (secondary N) is 3. The van der Waals surface area contributed by atoms with Gasteiger partial charge in [-0.15, -0.1) is 0 Å². The van der Waals surface area contributed by atoms with E-state index in [-0.39, 0.29) is 63.0 Å². The number of Topliss-reactive ketones (excluding diaryl/α,β-unsaturated/α-hetero) is 1. The van der Waals surface area contributed by atoms with Crippen LogP contribution in [0.15, 0.2) is 12.2 Å². The Balaban J connectivity index is 2.33. The fourth-order valence-corrected chi connectivity index (χ4v) is 3.10. The quantitative estimate of drug-likeness (QED) is 0.140. The summed E-state index contributed by atoms with van der Waals surface area (Å²) in [6.45, 7) is 5.33. The Hall–Kier alpha value is -3.32. The average Bonchev–Trinajstić information content (AvgIpc) is 3.10. The van der Waals surface area contributed by atoms with Gasteiger partial charge in [0.15, 0.2) is 5.78 Å². The molecule has 1 aliphatic heterocycles. The maximum Gasteiger partial charge on any atom is 0.312 e. The first-order valence-corrected chi connectivity index (χ1v) is 11.4. The van der Waals surface area contributed by atoms with Crippen molar-refractivity contribution in [1.29, 1.82) is 0 Å². The molecule has 6 amide bonds. The van der Waals surface area contributed by atoms with Crippen molar-refractivity contribution in [1.82, 2.24) is 20.9 Å². The number of ether oxygens (including phenoxy) is 2. The van der Waals surface area contributed by atoms with Crippen molar-refractivity contribution < 1.29 is 38.2 Å². The van der Waals surface area contributed by atoms with Gasteiger partial charge in [-0.05, 0) is 25.7 Å². The van der Waals surface area contributed by atoms with E-state index >= 15 is 0 Å². The lowest BCUT2D eigenvalue weighted by Gasteiger charge is -2.24. The molecule has 0 aromatic heterocycles. The predicted octanol–water partition coefficient (Wildman–Crippen LogP) is -1.39. The monoisotopic (exact) mass is 497 g/mol. The number of nitrogens with zero attached hydrogens (tertiary/aromatic N) is 1. The van der Waals surface area contributed by atoms with Crippen LogP contribution in [0, 0.1) is 5.92 Å². The molecule has 0 aliphatic carbocycles. The van der Waals surface area contributed by atoms with Gasteiger partial charge in [0.05, 0.1) is 32.4 Å². The van der Waals surface area contributed by atoms with Crippen LogP contribution < -0.4 is 21.7 Å². The number of imide groups is 1. The van der Waals surface area contributed by atoms with E-state index in [0.29, 0.717) is 12.8 Å². The first-order valence-electron chi connectivity index (χ1n) is 11.4. The number of carbonyl (C=O) groups is 6. The lowest BCUT2D eigenvalue weighted by atomic mass is 10.0. The number of nitrogens with two attached hydrogens (primary N) is 1. The molecule has 5 N–H and O–H groups in total. The topological polar surface area (TPSA) is 186 Å². The van der Waals surface area contributed by atoms with E-state index in [0.717, 1.165) is 4.90 Å². The number of ketones is 1. The first kappa shape index (κ1) is 29.7. The van der Waals surface area contributed by atoms with E-state index in [4.69, 9.17) is 15.2 Å². The Labute approximate surface area is 204 Å². The van der Waals surface area contributed by atoms with E-state index in [1.165, 1.54) is 19.1 Å². The fraction of sp³-hybridized carbons (Fsp3) is 0.636. The van der Waals surface area contributed by atoms with Gasteiger partial charge in [-0.1, -0.05) is 13.8 Å². The zero-order chi connectivity index (χ0) is 26.4. The van der Waals surface area contributed by atoms with Crippen molar-refractivity contribution in [2.75, 3.05) is 39.5 Å². The summed E-state index contributed by atoms with van der Waals surface area (Å²) >= 11 is 0. The fourth-order valence-electron chi connectivity index (χ4n) is 3.10. The van der Waals surface area contributed by atoms with Gasteiger partial charge in [-0.25, -0.2) is 4.79 Å². The second-order valence-electron chi connectivity index (χ2n) is 8.22. The van der Waals surface area contributed by atoms with Crippen LogP contribution in [-0.2, 0) is 33.4 Å². The maximum atomic E-state index is 12.7. The third kappa shape index (κ3) is 11.6. The lowest BCUT2D eigenvalue weighted by molar-refractivity contribution is -0.138. The SMILES string of the molecule is CC(=O)[C@H](CCCNC(N)=O)NC(=O)[C@@H](NC(=O)COCCOCCN1C(=O)C=CC1=O)C(C)C. The Morgan fingerprint density at radius 1 is 1.00 bits per heavy atom. The summed E-state index contributed by atoms with van der Waals surface area (Å²) in [5, 5.41) is 7.66. The van der Waals surface area contributed by atoms with Crippen molar-refractivity contribution in [2.24, 2.45) is 11.7 Å². The highest BCUT2D eigenvalue weighted by atomic mass is 16.5. The van der Waals surface area contributed by atoms with Crippen LogP contribution in [0.4, 0.5) is 4.79 Å². The molecule has 0 aromatic carbocycles. The second-order valence-corrected chi connectivity index (χ2v) is 8.22. The summed E-state index contributed by atoms with van der Waals surface area (Å²) in [5.41, 5.74) is 5.00. The minimum Gasteiger partial charge on any atom is -0.377 e. The van der Waals surface area contributed by atoms with Gasteiger partial charge in [0.25, 0.3) is 11.8 Å². The van der Waals surface area contributed by atoms with E-state index in [9.17, 15) is 28.8 Å². The molecule has 13 nitrogen and oxygen atoms in total. The molecule has 0 spiro atoms. The maximum absolute atomic E-state index is 12.7. The van der Waals surface area contributed by atoms with Gasteiger partial charge in [0.1, 0.15) is 12.6 Å². The molecule has 1 rings (SSSR count). The first-order chi connectivity index (χ1) is 16.5. The molecule has 1 heterocycles. The zero-order valence-corrected chi connectivity index (χ0v) is 20.3. The van der Waals surface area contributed by atoms with Gasteiger partial charge in [0.2, 0.25) is 11.8 Å². The largest absolute Gasteiger partial charge is 0.377 e. The normalized spacial score (nSPS) is 14.7. The lowest BCUT2D eigenvalue weighted by Crippen LogP contribution is -2.54. The Morgan fingerprint density at radius 2 is 1.63 bits per heavy atom. The molecule has 0 aromatic rings. The summed E-state index contributed by atoms with van der Waals surface area (Å²) in [5.74, 6) is -2.28. The Morgan fingerprint density at radius 3 is 2.20 bits per heavy atom. The van der Waals surface area contributed by atoms with E-state index in [2.05, 4.69) is 16.0 Å². The summed E-state index contributed by atoms with van der Waals surface area (Å²) in [7, 11) is 0. The van der Waals surface area contributed by atoms with Crippen molar-refractivity contribution in [2.45, 2.75) is 45.7 Å². The summed E-state index contributed by atoms with van der Waals surface area (Å²) in [6.07, 6.45) is 3.13. The molecule has 0 saturated carbocycles. The summed E-state index contributed by atoms with van der Waals surface area (Å²) in [6, 6.07) is -2.31. The molecule has 0 fully saturated rings. The van der Waals surface area contributed by atoms with Crippen LogP contribution in [0.1, 0.15) is 33.6 Å². The highest BCUT2D eigenvalue weighted by molar-refractivity contribution is 6.12. The number of carbonyl (C=O) groups excluding carboxylic acids is 6. The van der Waals surface area contributed by atoms with Crippen LogP contribution in [0.5, 0.6) is 0 Å². The van der Waals surface area contributed by atoms with Crippen LogP contribution in [-0.4, -0.2) is 91.9 Å². The third-order valence-corrected chi connectivity index (χ3v) is 5.01. The molecular formula is C22H35N5O8. The third-order valence-electron chi connectivity index (χ3n) is 5.01. The summed E-state index contributed by atoms with van der Waals surface area (Å²) < 4.78 is 10.5. The zero-order valence-electron chi connectivity index (χ0n) is 20.3. The second kappa shape index (κ2) is 15.6. The molecule has 0 saturated heterocycles. The van der Waals surface area contributed by atoms with Crippen molar-refractivity contribution >= 4 is 35.4 Å². The smallest absolute Gasteiger partial charge is 0.312 e. The van der Waals surface area contributed by atoms with Gasteiger partial charge < -0.3 is 31.2 Å². The van der Waals surface area contributed by atoms with Crippen LogP contribution in [0.3, 0.4) is 0 Å². The molecule has 13 heteroatoms. The summed E-state index contributed by atoms with van der Waals surface area (Å²) in [4.78, 5) is 71.4. The van der Waals surface area contributed by atoms with Crippen LogP contribution in [0.2, 0.25) is 0 Å². The number of hydrogen-bond acceptors (Lipinski definition) is 8. The minimum atomic E-state index is -0.878. The minimum absolute atomic E-state index is 0.0951. The van der Waals surface area contributed by atoms with E-state index in [1.54, 1.807) is 13.8 Å². The molecule has 0 bridgehead atoms. The van der Waals surface area contributed by atoms with Gasteiger partial charge >= 0.3 is 6.03 Å². The van der Waals surface area contributed by atoms with Crippen LogP contribution >= 0.6 is 0 Å². The molecule has 0 unspecified atom stereocenters. The van der Waals surface area contributed by atoms with E-state index < -0.39 is 29.9 Å². The number of urea groups is 1. The van der Waals surface area contributed by atoms with E-state index in [1.807, 2.05) is 0 Å². The molecule has 1 aliphatic rings. The van der Waals surface area contributed by atoms with Crippen molar-refractivity contribution in [3.63, 3.8) is 0 Å². The van der Waals surface area contributed by atoms with Gasteiger partial charge in [-0.3, -0.25) is 28.9 Å². The van der Waals surface area contributed by atoms with Gasteiger partial charge in [-0.2, -0.15) is 0 Å². The molecule has 0 radical (unpaired) electrons. The molecule has 196 valence electrons. The highest BCUT2D eigenvalue weighted by Crippen LogP contribution is 2.06. The molecule has 2 atom stereocenters. The number of hydrogen-bond donors (Lipinski definition) is 4. The highest BCUT2D eigenvalue weighted by Gasteiger charge is 2.27. The Bertz CT molecular complexity index is 796. The molecule has 35 heavy (non-hydrogen) atoms. The average molecular weight is 498 g/mol. The standard InChI is InChI=1S/C22H35N5O8/c1-14(2)20(21(32)25-16(15(3)28)5-4-8-24-22(23)33)26-17(29)13-35-12-11-34-10-9-27-18(30)6-7-19(27)31/h6-7,14,16,20H,4-5,8-13H2,1-3H3,(H,25,32)(H,26,29)(H3,23,24,33)/t16-,20-/m0/s1. The Kier molecular flexibility index (Phi) is 13.2.